The van der Waals surface area contributed by atoms with Crippen molar-refractivity contribution in [1.29, 1.82) is 0 Å². The number of carbonyl (C=O) groups is 1. The predicted octanol–water partition coefficient (Wildman–Crippen LogP) is 2.76. The maximum absolute atomic E-state index is 12.5. The van der Waals surface area contributed by atoms with Crippen LogP contribution >= 0.6 is 11.3 Å². The van der Waals surface area contributed by atoms with Gasteiger partial charge in [-0.15, -0.1) is 10.2 Å². The molecule has 1 heterocycles. The minimum absolute atomic E-state index is 0.0399. The molecule has 0 unspecified atom stereocenters. The molecule has 1 aromatic carbocycles. The highest BCUT2D eigenvalue weighted by Gasteiger charge is 2.24. The Kier molecular flexibility index (Phi) is 5.80. The van der Waals surface area contributed by atoms with E-state index in [0.29, 0.717) is 11.3 Å². The molecule has 0 atom stereocenters. The minimum atomic E-state index is -3.75. The van der Waals surface area contributed by atoms with Crippen LogP contribution in [-0.4, -0.2) is 41.9 Å². The highest BCUT2D eigenvalue weighted by Crippen LogP contribution is 2.25. The number of nitrogens with one attached hydrogen (secondary N) is 1. The fourth-order valence-corrected chi connectivity index (χ4v) is 3.79. The third-order valence-corrected chi connectivity index (χ3v) is 6.22. The van der Waals surface area contributed by atoms with Crippen molar-refractivity contribution in [3.05, 3.63) is 34.8 Å². The molecule has 11 heteroatoms. The molecule has 1 amide bonds. The Bertz CT molecular complexity index is 868. The molecule has 136 valence electrons. The standard InChI is InChI=1S/C14H16F2N4O3S2/c1-8(2)20(3)25(22,23)10-6-4-5-9(7-10)12(21)17-14-19-18-13(24-14)11(15)16/h4-8,11H,1-3H3,(H,17,19,21). The van der Waals surface area contributed by atoms with Crippen LogP contribution in [0.2, 0.25) is 0 Å². The van der Waals surface area contributed by atoms with Crippen molar-refractivity contribution < 1.29 is 22.0 Å². The Morgan fingerprint density at radius 1 is 1.28 bits per heavy atom. The summed E-state index contributed by atoms with van der Waals surface area (Å²) in [5.74, 6) is -0.666. The highest BCUT2D eigenvalue weighted by molar-refractivity contribution is 7.89. The van der Waals surface area contributed by atoms with Crippen LogP contribution in [0.15, 0.2) is 29.2 Å². The van der Waals surface area contributed by atoms with Gasteiger partial charge in [0, 0.05) is 18.7 Å². The molecule has 7 nitrogen and oxygen atoms in total. The van der Waals surface area contributed by atoms with Gasteiger partial charge >= 0.3 is 0 Å². The molecule has 0 radical (unpaired) electrons. The summed E-state index contributed by atoms with van der Waals surface area (Å²) >= 11 is 0.552. The largest absolute Gasteiger partial charge is 0.296 e. The van der Waals surface area contributed by atoms with E-state index in [-0.39, 0.29) is 21.6 Å². The van der Waals surface area contributed by atoms with Gasteiger partial charge in [0.15, 0.2) is 5.01 Å². The lowest BCUT2D eigenvalue weighted by molar-refractivity contribution is 0.102. The van der Waals surface area contributed by atoms with Gasteiger partial charge in [0.25, 0.3) is 12.3 Å². The van der Waals surface area contributed by atoms with E-state index in [1.54, 1.807) is 13.8 Å². The number of carbonyl (C=O) groups excluding carboxylic acids is 1. The van der Waals surface area contributed by atoms with Gasteiger partial charge in [-0.3, -0.25) is 10.1 Å². The summed E-state index contributed by atoms with van der Waals surface area (Å²) in [4.78, 5) is 12.2. The van der Waals surface area contributed by atoms with Gasteiger partial charge < -0.3 is 0 Å². The lowest BCUT2D eigenvalue weighted by Crippen LogP contribution is -2.33. The molecule has 1 N–H and O–H groups in total. The molecule has 0 spiro atoms. The Morgan fingerprint density at radius 3 is 2.52 bits per heavy atom. The summed E-state index contributed by atoms with van der Waals surface area (Å²) in [6, 6.07) is 5.19. The topological polar surface area (TPSA) is 92.3 Å². The number of hydrogen-bond acceptors (Lipinski definition) is 6. The van der Waals surface area contributed by atoms with Crippen molar-refractivity contribution in [2.24, 2.45) is 0 Å². The van der Waals surface area contributed by atoms with Crippen molar-refractivity contribution in [3.8, 4) is 0 Å². The number of rotatable bonds is 6. The molecule has 0 aliphatic heterocycles. The van der Waals surface area contributed by atoms with E-state index >= 15 is 0 Å². The molecule has 25 heavy (non-hydrogen) atoms. The van der Waals surface area contributed by atoms with E-state index in [1.807, 2.05) is 0 Å². The number of aromatic nitrogens is 2. The van der Waals surface area contributed by atoms with Crippen LogP contribution < -0.4 is 5.32 Å². The van der Waals surface area contributed by atoms with E-state index in [4.69, 9.17) is 0 Å². The van der Waals surface area contributed by atoms with Crippen molar-refractivity contribution in [1.82, 2.24) is 14.5 Å². The van der Waals surface area contributed by atoms with Gasteiger partial charge in [0.2, 0.25) is 15.2 Å². The number of nitrogens with zero attached hydrogens (tertiary/aromatic N) is 3. The van der Waals surface area contributed by atoms with Gasteiger partial charge in [-0.05, 0) is 32.0 Å². The smallest absolute Gasteiger partial charge is 0.291 e. The number of sulfonamides is 1. The zero-order chi connectivity index (χ0) is 18.8. The van der Waals surface area contributed by atoms with Crippen LogP contribution in [0.1, 0.15) is 35.6 Å². The Hall–Kier alpha value is -1.98. The molecular weight excluding hydrogens is 374 g/mol. The molecule has 0 saturated carbocycles. The molecule has 0 saturated heterocycles. The van der Waals surface area contributed by atoms with Crippen LogP contribution in [0.3, 0.4) is 0 Å². The maximum Gasteiger partial charge on any atom is 0.291 e. The number of halogens is 2. The third kappa shape index (κ3) is 4.35. The normalized spacial score (nSPS) is 12.2. The second-order valence-corrected chi connectivity index (χ2v) is 8.35. The first kappa shape index (κ1) is 19.3. The average molecular weight is 390 g/mol. The molecule has 2 aromatic rings. The third-order valence-electron chi connectivity index (χ3n) is 3.35. The minimum Gasteiger partial charge on any atom is -0.296 e. The quantitative estimate of drug-likeness (QED) is 0.819. The summed E-state index contributed by atoms with van der Waals surface area (Å²) in [6.45, 7) is 3.45. The Morgan fingerprint density at radius 2 is 1.96 bits per heavy atom. The molecule has 0 fully saturated rings. The maximum atomic E-state index is 12.5. The van der Waals surface area contributed by atoms with Crippen molar-refractivity contribution in [2.45, 2.75) is 31.2 Å². The Labute approximate surface area is 147 Å². The Balaban J connectivity index is 2.24. The SMILES string of the molecule is CC(C)N(C)S(=O)(=O)c1cccc(C(=O)Nc2nnc(C(F)F)s2)c1. The van der Waals surface area contributed by atoms with Gasteiger partial charge in [-0.1, -0.05) is 17.4 Å². The van der Waals surface area contributed by atoms with Crippen LogP contribution in [0.4, 0.5) is 13.9 Å². The lowest BCUT2D eigenvalue weighted by Gasteiger charge is -2.21. The predicted molar refractivity (Wildman–Crippen MR) is 89.3 cm³/mol. The monoisotopic (exact) mass is 390 g/mol. The van der Waals surface area contributed by atoms with E-state index in [2.05, 4.69) is 15.5 Å². The van der Waals surface area contributed by atoms with Gasteiger partial charge in [-0.2, -0.15) is 4.31 Å². The first-order valence-electron chi connectivity index (χ1n) is 7.14. The van der Waals surface area contributed by atoms with E-state index in [9.17, 15) is 22.0 Å². The van der Waals surface area contributed by atoms with Crippen molar-refractivity contribution in [3.63, 3.8) is 0 Å². The van der Waals surface area contributed by atoms with Gasteiger partial charge in [0.05, 0.1) is 4.90 Å². The fraction of sp³-hybridized carbons (Fsp3) is 0.357. The van der Waals surface area contributed by atoms with Gasteiger partial charge in [0.1, 0.15) is 0 Å². The van der Waals surface area contributed by atoms with Crippen LogP contribution in [0.25, 0.3) is 0 Å². The summed E-state index contributed by atoms with van der Waals surface area (Å²) in [5, 5.41) is 8.45. The van der Waals surface area contributed by atoms with Crippen LogP contribution in [-0.2, 0) is 10.0 Å². The molecule has 0 bridgehead atoms. The summed E-state index contributed by atoms with van der Waals surface area (Å²) in [6.07, 6.45) is -2.77. The molecule has 0 aliphatic carbocycles. The number of hydrogen-bond donors (Lipinski definition) is 1. The number of amides is 1. The first-order valence-corrected chi connectivity index (χ1v) is 9.39. The summed E-state index contributed by atoms with van der Waals surface area (Å²) in [5.41, 5.74) is 0.0621. The fourth-order valence-electron chi connectivity index (χ4n) is 1.78. The molecule has 0 aliphatic rings. The highest BCUT2D eigenvalue weighted by atomic mass is 32.2. The van der Waals surface area contributed by atoms with E-state index < -0.39 is 27.4 Å². The lowest BCUT2D eigenvalue weighted by atomic mass is 10.2. The summed E-state index contributed by atoms with van der Waals surface area (Å²) in [7, 11) is -2.30. The second-order valence-electron chi connectivity index (χ2n) is 5.34. The van der Waals surface area contributed by atoms with Crippen molar-refractivity contribution >= 4 is 32.4 Å². The zero-order valence-corrected chi connectivity index (χ0v) is 15.2. The molecular formula is C14H16F2N4O3S2. The second kappa shape index (κ2) is 7.50. The molecule has 1 aromatic heterocycles. The summed E-state index contributed by atoms with van der Waals surface area (Å²) < 4.78 is 51.1. The van der Waals surface area contributed by atoms with Crippen LogP contribution in [0, 0.1) is 0 Å². The van der Waals surface area contributed by atoms with Gasteiger partial charge in [-0.25, -0.2) is 17.2 Å². The zero-order valence-electron chi connectivity index (χ0n) is 13.6. The number of benzene rings is 1. The molecule has 2 rings (SSSR count). The average Bonchev–Trinajstić information content (AvgIpc) is 3.02. The first-order chi connectivity index (χ1) is 11.6. The van der Waals surface area contributed by atoms with Crippen molar-refractivity contribution in [2.75, 3.05) is 12.4 Å². The number of anilines is 1. The van der Waals surface area contributed by atoms with Crippen LogP contribution in [0.5, 0.6) is 0 Å². The van der Waals surface area contributed by atoms with E-state index in [0.717, 1.165) is 0 Å². The van der Waals surface area contributed by atoms with E-state index in [1.165, 1.54) is 35.6 Å². The number of alkyl halides is 2.